The van der Waals surface area contributed by atoms with Crippen LogP contribution in [0.4, 0.5) is 5.69 Å². The summed E-state index contributed by atoms with van der Waals surface area (Å²) in [5.41, 5.74) is 1.69. The van der Waals surface area contributed by atoms with Crippen LogP contribution in [-0.4, -0.2) is 18.4 Å². The zero-order valence-electron chi connectivity index (χ0n) is 11.7. The van der Waals surface area contributed by atoms with E-state index in [9.17, 15) is 18.5 Å². The molecule has 0 bridgehead atoms. The monoisotopic (exact) mass is 321 g/mol. The number of benzene rings is 2. The van der Waals surface area contributed by atoms with E-state index in [1.165, 1.54) is 24.3 Å². The predicted molar refractivity (Wildman–Crippen MR) is 81.8 cm³/mol. The summed E-state index contributed by atoms with van der Waals surface area (Å²) in [7, 11) is -3.40. The first kappa shape index (κ1) is 16.1. The maximum atomic E-state index is 12.2. The Balaban J connectivity index is 2.11. The summed E-state index contributed by atoms with van der Waals surface area (Å²) in [6, 6.07) is 12.2. The second kappa shape index (κ2) is 6.67. The Morgan fingerprint density at radius 2 is 1.55 bits per heavy atom. The minimum absolute atomic E-state index is 0.0724. The molecule has 116 valence electrons. The summed E-state index contributed by atoms with van der Waals surface area (Å²) in [5, 5.41) is 19.6. The highest BCUT2D eigenvalue weighted by Crippen LogP contribution is 2.17. The second-order valence-electron chi connectivity index (χ2n) is 4.93. The minimum Gasteiger partial charge on any atom is -0.392 e. The van der Waals surface area contributed by atoms with Crippen molar-refractivity contribution >= 4 is 15.5 Å². The molecule has 0 aliphatic heterocycles. The fraction of sp³-hybridized carbons (Fsp3) is 0.200. The van der Waals surface area contributed by atoms with Crippen LogP contribution in [0.5, 0.6) is 0 Å². The molecule has 0 aliphatic rings. The molecule has 0 heterocycles. The van der Waals surface area contributed by atoms with Crippen LogP contribution in [-0.2, 0) is 27.9 Å². The molecule has 0 amide bonds. The van der Waals surface area contributed by atoms with E-state index < -0.39 is 14.8 Å². The van der Waals surface area contributed by atoms with Gasteiger partial charge in [0.2, 0.25) is 0 Å². The highest BCUT2D eigenvalue weighted by Gasteiger charge is 2.14. The van der Waals surface area contributed by atoms with Gasteiger partial charge < -0.3 is 5.11 Å². The summed E-state index contributed by atoms with van der Waals surface area (Å²) in [6.07, 6.45) is 0. The Morgan fingerprint density at radius 3 is 2.14 bits per heavy atom. The van der Waals surface area contributed by atoms with E-state index in [0.717, 1.165) is 0 Å². The van der Waals surface area contributed by atoms with Crippen LogP contribution in [0.2, 0.25) is 0 Å². The second-order valence-corrected chi connectivity index (χ2v) is 7.00. The van der Waals surface area contributed by atoms with Gasteiger partial charge in [0.25, 0.3) is 5.69 Å². The quantitative estimate of drug-likeness (QED) is 0.650. The van der Waals surface area contributed by atoms with Crippen molar-refractivity contribution in [3.05, 3.63) is 75.3 Å². The van der Waals surface area contributed by atoms with Gasteiger partial charge in [0.05, 0.1) is 23.0 Å². The molecule has 0 atom stereocenters. The lowest BCUT2D eigenvalue weighted by Crippen LogP contribution is -2.08. The lowest BCUT2D eigenvalue weighted by atomic mass is 10.1. The minimum atomic E-state index is -3.40. The zero-order chi connectivity index (χ0) is 16.2. The number of nitro benzene ring substituents is 1. The molecule has 0 unspecified atom stereocenters. The van der Waals surface area contributed by atoms with E-state index in [1.54, 1.807) is 24.3 Å². The largest absolute Gasteiger partial charge is 0.392 e. The first-order valence-corrected chi connectivity index (χ1v) is 8.34. The molecule has 6 nitrogen and oxygen atoms in total. The van der Waals surface area contributed by atoms with Crippen molar-refractivity contribution < 1.29 is 18.4 Å². The van der Waals surface area contributed by atoms with Crippen molar-refractivity contribution in [3.8, 4) is 0 Å². The number of sulfone groups is 1. The van der Waals surface area contributed by atoms with E-state index in [2.05, 4.69) is 0 Å². The Kier molecular flexibility index (Phi) is 4.89. The molecule has 0 saturated carbocycles. The molecule has 0 fully saturated rings. The molecule has 2 aromatic rings. The van der Waals surface area contributed by atoms with Crippen LogP contribution in [0.3, 0.4) is 0 Å². The lowest BCUT2D eigenvalue weighted by Gasteiger charge is -2.06. The van der Waals surface area contributed by atoms with Crippen LogP contribution in [0.1, 0.15) is 16.7 Å². The molecule has 7 heteroatoms. The fourth-order valence-electron chi connectivity index (χ4n) is 2.09. The summed E-state index contributed by atoms with van der Waals surface area (Å²) in [4.78, 5) is 10.0. The van der Waals surface area contributed by atoms with Crippen molar-refractivity contribution in [3.63, 3.8) is 0 Å². The number of hydrogen-bond donors (Lipinski definition) is 1. The van der Waals surface area contributed by atoms with Crippen molar-refractivity contribution in [2.75, 3.05) is 0 Å². The number of non-ortho nitro benzene ring substituents is 1. The SMILES string of the molecule is O=[N+]([O-])c1ccc(CS(=O)(=O)Cc2cccc(CO)c2)cc1. The Hall–Kier alpha value is -2.25. The zero-order valence-corrected chi connectivity index (χ0v) is 12.5. The highest BCUT2D eigenvalue weighted by molar-refractivity contribution is 7.89. The van der Waals surface area contributed by atoms with E-state index in [-0.39, 0.29) is 23.8 Å². The maximum absolute atomic E-state index is 12.2. The molecule has 1 N–H and O–H groups in total. The highest BCUT2D eigenvalue weighted by atomic mass is 32.2. The van der Waals surface area contributed by atoms with Crippen molar-refractivity contribution in [1.29, 1.82) is 0 Å². The molecule has 0 aliphatic carbocycles. The maximum Gasteiger partial charge on any atom is 0.269 e. The molecule has 0 aromatic heterocycles. The van der Waals surface area contributed by atoms with Crippen molar-refractivity contribution in [2.24, 2.45) is 0 Å². The van der Waals surface area contributed by atoms with Crippen LogP contribution >= 0.6 is 0 Å². The average Bonchev–Trinajstić information content (AvgIpc) is 2.47. The van der Waals surface area contributed by atoms with Crippen LogP contribution in [0.15, 0.2) is 48.5 Å². The van der Waals surface area contributed by atoms with E-state index >= 15 is 0 Å². The topological polar surface area (TPSA) is 97.5 Å². The summed E-state index contributed by atoms with van der Waals surface area (Å²) < 4.78 is 24.4. The van der Waals surface area contributed by atoms with Gasteiger partial charge in [0.15, 0.2) is 9.84 Å². The van der Waals surface area contributed by atoms with Gasteiger partial charge in [-0.2, -0.15) is 0 Å². The first-order valence-electron chi connectivity index (χ1n) is 6.52. The third kappa shape index (κ3) is 4.37. The van der Waals surface area contributed by atoms with Crippen molar-refractivity contribution in [1.82, 2.24) is 0 Å². The standard InChI is InChI=1S/C15H15NO5S/c17-9-13-2-1-3-14(8-13)11-22(20,21)10-12-4-6-15(7-5-12)16(18)19/h1-8,17H,9-11H2. The van der Waals surface area contributed by atoms with Gasteiger partial charge in [-0.15, -0.1) is 0 Å². The normalized spacial score (nSPS) is 11.3. The number of nitrogens with zero attached hydrogens (tertiary/aromatic N) is 1. The van der Waals surface area contributed by atoms with Gasteiger partial charge in [-0.25, -0.2) is 8.42 Å². The number of aliphatic hydroxyl groups excluding tert-OH is 1. The predicted octanol–water partition coefficient (Wildman–Crippen LogP) is 2.20. The van der Waals surface area contributed by atoms with Crippen LogP contribution < -0.4 is 0 Å². The Morgan fingerprint density at radius 1 is 0.955 bits per heavy atom. The third-order valence-electron chi connectivity index (χ3n) is 3.09. The summed E-state index contributed by atoms with van der Waals surface area (Å²) in [6.45, 7) is -0.143. The number of nitro groups is 1. The summed E-state index contributed by atoms with van der Waals surface area (Å²) >= 11 is 0. The first-order chi connectivity index (χ1) is 10.4. The fourth-order valence-corrected chi connectivity index (χ4v) is 3.58. The van der Waals surface area contributed by atoms with Crippen LogP contribution in [0.25, 0.3) is 0 Å². The lowest BCUT2D eigenvalue weighted by molar-refractivity contribution is -0.384. The summed E-state index contributed by atoms with van der Waals surface area (Å²) in [5.74, 6) is -0.327. The smallest absolute Gasteiger partial charge is 0.269 e. The molecule has 2 rings (SSSR count). The van der Waals surface area contributed by atoms with Gasteiger partial charge in [-0.1, -0.05) is 36.4 Å². The number of rotatable bonds is 6. The van der Waals surface area contributed by atoms with Gasteiger partial charge in [0, 0.05) is 12.1 Å². The third-order valence-corrected chi connectivity index (χ3v) is 4.64. The van der Waals surface area contributed by atoms with Gasteiger partial charge >= 0.3 is 0 Å². The molecule has 22 heavy (non-hydrogen) atoms. The van der Waals surface area contributed by atoms with Crippen LogP contribution in [0, 0.1) is 10.1 Å². The molecule has 0 spiro atoms. The van der Waals surface area contributed by atoms with E-state index in [1.807, 2.05) is 0 Å². The molecule has 2 aromatic carbocycles. The van der Waals surface area contributed by atoms with Gasteiger partial charge in [0.1, 0.15) is 0 Å². The van der Waals surface area contributed by atoms with Gasteiger partial charge in [-0.05, 0) is 16.7 Å². The number of hydrogen-bond acceptors (Lipinski definition) is 5. The number of aliphatic hydroxyl groups is 1. The van der Waals surface area contributed by atoms with E-state index in [4.69, 9.17) is 5.11 Å². The molecular formula is C15H15NO5S. The average molecular weight is 321 g/mol. The molecule has 0 saturated heterocycles. The van der Waals surface area contributed by atoms with E-state index in [0.29, 0.717) is 16.7 Å². The molecular weight excluding hydrogens is 306 g/mol. The van der Waals surface area contributed by atoms with Gasteiger partial charge in [-0.3, -0.25) is 10.1 Å². The van der Waals surface area contributed by atoms with Crippen molar-refractivity contribution in [2.45, 2.75) is 18.1 Å². The Labute approximate surface area is 128 Å². The molecule has 0 radical (unpaired) electrons. The Bertz CT molecular complexity index is 769.